The van der Waals surface area contributed by atoms with Gasteiger partial charge in [0.05, 0.1) is 5.02 Å². The van der Waals surface area contributed by atoms with Crippen LogP contribution in [-0.2, 0) is 0 Å². The molecule has 0 saturated heterocycles. The van der Waals surface area contributed by atoms with Gasteiger partial charge in [-0.2, -0.15) is 0 Å². The minimum Gasteiger partial charge on any atom is -0.329 e. The van der Waals surface area contributed by atoms with Gasteiger partial charge in [0.2, 0.25) is 0 Å². The van der Waals surface area contributed by atoms with Gasteiger partial charge in [-0.3, -0.25) is 0 Å². The van der Waals surface area contributed by atoms with Crippen LogP contribution in [0.1, 0.15) is 11.6 Å². The lowest BCUT2D eigenvalue weighted by Crippen LogP contribution is -2.23. The van der Waals surface area contributed by atoms with E-state index in [4.69, 9.17) is 23.1 Å². The minimum absolute atomic E-state index is 0.0335. The van der Waals surface area contributed by atoms with Crippen molar-refractivity contribution in [2.45, 2.75) is 6.04 Å². The van der Waals surface area contributed by atoms with Crippen molar-refractivity contribution in [2.24, 2.45) is 11.5 Å². The molecule has 0 saturated carbocycles. The molecule has 13 heavy (non-hydrogen) atoms. The highest BCUT2D eigenvalue weighted by Gasteiger charge is 2.17. The normalized spacial score (nSPS) is 13.0. The Bertz CT molecular complexity index is 317. The zero-order chi connectivity index (χ0) is 10.0. The molecule has 72 valence electrons. The zero-order valence-electron chi connectivity index (χ0n) is 6.73. The van der Waals surface area contributed by atoms with E-state index in [1.165, 1.54) is 0 Å². The molecule has 1 aromatic rings. The van der Waals surface area contributed by atoms with E-state index in [-0.39, 0.29) is 17.1 Å². The van der Waals surface area contributed by atoms with Crippen LogP contribution in [0.2, 0.25) is 5.02 Å². The predicted octanol–water partition coefficient (Wildman–Crippen LogP) is 1.58. The van der Waals surface area contributed by atoms with Crippen molar-refractivity contribution >= 4 is 11.6 Å². The van der Waals surface area contributed by atoms with Gasteiger partial charge in [-0.15, -0.1) is 0 Å². The summed E-state index contributed by atoms with van der Waals surface area (Å²) in [5.41, 5.74) is 10.3. The van der Waals surface area contributed by atoms with E-state index in [0.717, 1.165) is 12.1 Å². The second-order valence-corrected chi connectivity index (χ2v) is 3.01. The third-order valence-corrected chi connectivity index (χ3v) is 2.00. The molecule has 0 amide bonds. The topological polar surface area (TPSA) is 52.0 Å². The Morgan fingerprint density at radius 3 is 2.54 bits per heavy atom. The van der Waals surface area contributed by atoms with Gasteiger partial charge >= 0.3 is 0 Å². The van der Waals surface area contributed by atoms with Crippen LogP contribution in [-0.4, -0.2) is 6.54 Å². The highest BCUT2D eigenvalue weighted by molar-refractivity contribution is 6.30. The van der Waals surface area contributed by atoms with E-state index in [1.54, 1.807) is 0 Å². The first kappa shape index (κ1) is 10.4. The van der Waals surface area contributed by atoms with E-state index in [2.05, 4.69) is 0 Å². The number of halogens is 3. The van der Waals surface area contributed by atoms with Crippen LogP contribution in [0.25, 0.3) is 0 Å². The molecule has 0 spiro atoms. The van der Waals surface area contributed by atoms with Crippen LogP contribution in [0.4, 0.5) is 8.78 Å². The maximum absolute atomic E-state index is 13.2. The molecule has 4 N–H and O–H groups in total. The van der Waals surface area contributed by atoms with Crippen LogP contribution >= 0.6 is 11.6 Å². The second kappa shape index (κ2) is 4.00. The monoisotopic (exact) mass is 206 g/mol. The Morgan fingerprint density at radius 1 is 1.38 bits per heavy atom. The summed E-state index contributed by atoms with van der Waals surface area (Å²) in [5.74, 6) is -1.56. The van der Waals surface area contributed by atoms with Gasteiger partial charge in [0.15, 0.2) is 0 Å². The Morgan fingerprint density at radius 2 is 2.00 bits per heavy atom. The Balaban J connectivity index is 3.25. The fraction of sp³-hybridized carbons (Fsp3) is 0.250. The number of nitrogens with two attached hydrogens (primary N) is 2. The number of rotatable bonds is 2. The molecular weight excluding hydrogens is 198 g/mol. The minimum atomic E-state index is -0.862. The molecule has 1 atom stereocenters. The molecule has 1 rings (SSSR count). The Labute approximate surface area is 79.5 Å². The van der Waals surface area contributed by atoms with Gasteiger partial charge in [-0.1, -0.05) is 11.6 Å². The lowest BCUT2D eigenvalue weighted by Gasteiger charge is -2.11. The molecule has 0 aliphatic rings. The second-order valence-electron chi connectivity index (χ2n) is 2.60. The fourth-order valence-corrected chi connectivity index (χ4v) is 1.17. The average molecular weight is 207 g/mol. The van der Waals surface area contributed by atoms with Crippen LogP contribution in [0.3, 0.4) is 0 Å². The molecular formula is C8H9ClF2N2. The van der Waals surface area contributed by atoms with Crippen LogP contribution < -0.4 is 11.5 Å². The molecule has 0 unspecified atom stereocenters. The molecule has 0 fully saturated rings. The van der Waals surface area contributed by atoms with Gasteiger partial charge in [-0.25, -0.2) is 8.78 Å². The van der Waals surface area contributed by atoms with Gasteiger partial charge in [-0.05, 0) is 12.1 Å². The van der Waals surface area contributed by atoms with Gasteiger partial charge in [0, 0.05) is 18.2 Å². The molecule has 0 aromatic heterocycles. The summed E-state index contributed by atoms with van der Waals surface area (Å²) in [5, 5.41) is -0.152. The highest BCUT2D eigenvalue weighted by Crippen LogP contribution is 2.24. The van der Waals surface area contributed by atoms with Crippen molar-refractivity contribution in [1.82, 2.24) is 0 Å². The van der Waals surface area contributed by atoms with Crippen molar-refractivity contribution in [2.75, 3.05) is 6.54 Å². The summed E-state index contributed by atoms with van der Waals surface area (Å²) in [6.45, 7) is -0.0335. The van der Waals surface area contributed by atoms with Gasteiger partial charge < -0.3 is 11.5 Å². The van der Waals surface area contributed by atoms with Crippen molar-refractivity contribution in [3.05, 3.63) is 34.4 Å². The quantitative estimate of drug-likeness (QED) is 0.722. The summed E-state index contributed by atoms with van der Waals surface area (Å²) in [6, 6.07) is 1.34. The summed E-state index contributed by atoms with van der Waals surface area (Å²) in [7, 11) is 0. The molecule has 5 heteroatoms. The van der Waals surface area contributed by atoms with Gasteiger partial charge in [0.1, 0.15) is 11.6 Å². The predicted molar refractivity (Wildman–Crippen MR) is 47.4 cm³/mol. The Kier molecular flexibility index (Phi) is 3.19. The third kappa shape index (κ3) is 1.96. The molecule has 0 aliphatic carbocycles. The molecule has 0 radical (unpaired) electrons. The van der Waals surface area contributed by atoms with Crippen molar-refractivity contribution < 1.29 is 8.78 Å². The average Bonchev–Trinajstić information content (AvgIpc) is 2.12. The summed E-state index contributed by atoms with van der Waals surface area (Å²) in [6.07, 6.45) is 0. The molecule has 2 nitrogen and oxygen atoms in total. The van der Waals surface area contributed by atoms with E-state index in [1.807, 2.05) is 0 Å². The van der Waals surface area contributed by atoms with E-state index in [9.17, 15) is 8.78 Å². The lowest BCUT2D eigenvalue weighted by atomic mass is 10.1. The van der Waals surface area contributed by atoms with E-state index in [0.29, 0.717) is 0 Å². The molecule has 0 aliphatic heterocycles. The van der Waals surface area contributed by atoms with E-state index >= 15 is 0 Å². The van der Waals surface area contributed by atoms with Crippen molar-refractivity contribution in [3.63, 3.8) is 0 Å². The highest BCUT2D eigenvalue weighted by atomic mass is 35.5. The summed E-state index contributed by atoms with van der Waals surface area (Å²) >= 11 is 5.45. The summed E-state index contributed by atoms with van der Waals surface area (Å²) < 4.78 is 26.2. The van der Waals surface area contributed by atoms with Crippen molar-refractivity contribution in [1.29, 1.82) is 0 Å². The third-order valence-electron chi connectivity index (χ3n) is 1.70. The van der Waals surface area contributed by atoms with Crippen molar-refractivity contribution in [3.8, 4) is 0 Å². The van der Waals surface area contributed by atoms with Crippen LogP contribution in [0, 0.1) is 11.6 Å². The maximum Gasteiger partial charge on any atom is 0.149 e. The molecule has 0 heterocycles. The van der Waals surface area contributed by atoms with Crippen LogP contribution in [0.5, 0.6) is 0 Å². The SMILES string of the molecule is NC[C@@H](N)c1c(F)ccc(Cl)c1F. The smallest absolute Gasteiger partial charge is 0.149 e. The Hall–Kier alpha value is -0.710. The maximum atomic E-state index is 13.2. The molecule has 1 aromatic carbocycles. The standard InChI is InChI=1S/C8H9ClF2N2/c9-4-1-2-5(10)7(8(4)11)6(13)3-12/h1-2,6H,3,12-13H2/t6-/m1/s1. The van der Waals surface area contributed by atoms with Gasteiger partial charge in [0.25, 0.3) is 0 Å². The first-order chi connectivity index (χ1) is 6.07. The molecule has 0 bridgehead atoms. The first-order valence-electron chi connectivity index (χ1n) is 3.67. The number of hydrogen-bond acceptors (Lipinski definition) is 2. The lowest BCUT2D eigenvalue weighted by molar-refractivity contribution is 0.528. The first-order valence-corrected chi connectivity index (χ1v) is 4.04. The van der Waals surface area contributed by atoms with Crippen LogP contribution in [0.15, 0.2) is 12.1 Å². The number of benzene rings is 1. The number of hydrogen-bond donors (Lipinski definition) is 2. The fourth-order valence-electron chi connectivity index (χ4n) is 1.00. The summed E-state index contributed by atoms with van der Waals surface area (Å²) in [4.78, 5) is 0. The largest absolute Gasteiger partial charge is 0.329 e. The van der Waals surface area contributed by atoms with E-state index < -0.39 is 17.7 Å². The zero-order valence-corrected chi connectivity index (χ0v) is 7.48.